The van der Waals surface area contributed by atoms with E-state index in [2.05, 4.69) is 4.98 Å². The number of allylic oxidation sites excluding steroid dienone is 5. The highest BCUT2D eigenvalue weighted by atomic mass is 16.6. The maximum absolute atomic E-state index is 12.9. The van der Waals surface area contributed by atoms with Crippen LogP contribution in [0.15, 0.2) is 64.4 Å². The maximum Gasteiger partial charge on any atom is 0.330 e. The van der Waals surface area contributed by atoms with Crippen LogP contribution in [0.5, 0.6) is 0 Å². The normalized spacial score (nSPS) is 34.0. The molecule has 4 rings (SSSR count). The van der Waals surface area contributed by atoms with Crippen LogP contribution < -0.4 is 0 Å². The number of epoxide rings is 1. The van der Waals surface area contributed by atoms with Crippen molar-refractivity contribution in [1.82, 2.24) is 4.98 Å². The van der Waals surface area contributed by atoms with Crippen molar-refractivity contribution in [3.63, 3.8) is 0 Å². The Morgan fingerprint density at radius 1 is 1.19 bits per heavy atom. The number of ether oxygens (including phenoxy) is 3. The van der Waals surface area contributed by atoms with E-state index in [-0.39, 0.29) is 36.4 Å². The second kappa shape index (κ2) is 14.0. The number of carbonyl (C=O) groups is 2. The second-order valence-corrected chi connectivity index (χ2v) is 12.4. The smallest absolute Gasteiger partial charge is 0.330 e. The van der Waals surface area contributed by atoms with Crippen molar-refractivity contribution in [2.24, 2.45) is 17.8 Å². The van der Waals surface area contributed by atoms with Gasteiger partial charge in [-0.2, -0.15) is 0 Å². The molecule has 2 saturated heterocycles. The molecule has 9 heteroatoms. The molecular weight excluding hydrogens is 550 g/mol. The molecule has 0 aromatic carbocycles. The van der Waals surface area contributed by atoms with Gasteiger partial charge in [0.15, 0.2) is 5.89 Å². The molecule has 0 spiro atoms. The molecule has 0 amide bonds. The molecular formula is C34H45NO8. The van der Waals surface area contributed by atoms with E-state index in [9.17, 15) is 19.8 Å². The van der Waals surface area contributed by atoms with Crippen molar-refractivity contribution in [2.75, 3.05) is 0 Å². The zero-order valence-corrected chi connectivity index (χ0v) is 25.9. The Kier molecular flexibility index (Phi) is 10.6. The average molecular weight is 596 g/mol. The third-order valence-electron chi connectivity index (χ3n) is 8.76. The van der Waals surface area contributed by atoms with Crippen molar-refractivity contribution in [3.05, 3.63) is 71.5 Å². The molecule has 1 aromatic rings. The maximum atomic E-state index is 12.9. The van der Waals surface area contributed by atoms with Gasteiger partial charge in [-0.1, -0.05) is 50.3 Å². The molecule has 9 nitrogen and oxygen atoms in total. The van der Waals surface area contributed by atoms with Crippen LogP contribution in [0.3, 0.4) is 0 Å². The SMILES string of the molecule is CC(C=CC=C(C)[C@H](O)[C@@H](C)C1C[C@H](O)[C@]2(C)O[C@@H]2C=C[C@@H](C)[C@H]2C[C@@H](CC=CC(=O)O1)CC(=O)O2)=Cc1coc(C)n1. The number of cyclic esters (lactones) is 1. The van der Waals surface area contributed by atoms with Gasteiger partial charge in [0.25, 0.3) is 0 Å². The number of rotatable bonds is 6. The van der Waals surface area contributed by atoms with Crippen molar-refractivity contribution >= 4 is 18.0 Å². The first-order valence-electron chi connectivity index (χ1n) is 15.1. The Morgan fingerprint density at radius 2 is 1.95 bits per heavy atom. The zero-order chi connectivity index (χ0) is 31.3. The summed E-state index contributed by atoms with van der Waals surface area (Å²) in [5.41, 5.74) is 1.51. The molecule has 9 atom stereocenters. The van der Waals surface area contributed by atoms with E-state index in [1.807, 2.05) is 64.2 Å². The summed E-state index contributed by atoms with van der Waals surface area (Å²) in [6, 6.07) is 0. The van der Waals surface area contributed by atoms with Crippen LogP contribution in [-0.4, -0.2) is 63.3 Å². The van der Waals surface area contributed by atoms with E-state index in [0.29, 0.717) is 30.7 Å². The molecule has 234 valence electrons. The van der Waals surface area contributed by atoms with Crippen molar-refractivity contribution in [2.45, 2.75) is 103 Å². The number of aryl methyl sites for hydroxylation is 1. The minimum Gasteiger partial charge on any atom is -0.462 e. The van der Waals surface area contributed by atoms with Gasteiger partial charge >= 0.3 is 11.9 Å². The lowest BCUT2D eigenvalue weighted by molar-refractivity contribution is -0.158. The fraction of sp³-hybridized carbons (Fsp3) is 0.559. The lowest BCUT2D eigenvalue weighted by Crippen LogP contribution is -2.40. The number of fused-ring (bicyclic) bond motifs is 3. The van der Waals surface area contributed by atoms with E-state index in [1.165, 1.54) is 6.08 Å². The third-order valence-corrected chi connectivity index (χ3v) is 8.76. The van der Waals surface area contributed by atoms with Gasteiger partial charge in [-0.15, -0.1) is 0 Å². The highest BCUT2D eigenvalue weighted by molar-refractivity contribution is 5.82. The third kappa shape index (κ3) is 8.65. The number of oxazole rings is 1. The van der Waals surface area contributed by atoms with E-state index < -0.39 is 35.8 Å². The van der Waals surface area contributed by atoms with Gasteiger partial charge < -0.3 is 28.8 Å². The molecule has 1 unspecified atom stereocenters. The largest absolute Gasteiger partial charge is 0.462 e. The molecule has 3 aliphatic rings. The Morgan fingerprint density at radius 3 is 2.67 bits per heavy atom. The van der Waals surface area contributed by atoms with E-state index in [0.717, 1.165) is 11.3 Å². The first-order chi connectivity index (χ1) is 20.4. The van der Waals surface area contributed by atoms with Gasteiger partial charge in [0.1, 0.15) is 35.9 Å². The molecule has 2 bridgehead atoms. The fourth-order valence-electron chi connectivity index (χ4n) is 5.72. The van der Waals surface area contributed by atoms with Crippen LogP contribution in [0.2, 0.25) is 0 Å². The Labute approximate surface area is 254 Å². The molecule has 1 aromatic heterocycles. The number of hydrogen-bond donors (Lipinski definition) is 2. The Hall–Kier alpha value is -3.27. The van der Waals surface area contributed by atoms with Crippen molar-refractivity contribution in [1.29, 1.82) is 0 Å². The van der Waals surface area contributed by atoms with E-state index in [1.54, 1.807) is 26.2 Å². The number of aliphatic hydroxyl groups is 2. The first-order valence-corrected chi connectivity index (χ1v) is 15.1. The van der Waals surface area contributed by atoms with Crippen LogP contribution in [0.25, 0.3) is 6.08 Å². The number of hydrogen-bond acceptors (Lipinski definition) is 9. The molecule has 0 saturated carbocycles. The van der Waals surface area contributed by atoms with Gasteiger partial charge in [0, 0.05) is 37.7 Å². The monoisotopic (exact) mass is 595 g/mol. The molecule has 43 heavy (non-hydrogen) atoms. The number of aliphatic hydroxyl groups excluding tert-OH is 2. The number of aromatic nitrogens is 1. The van der Waals surface area contributed by atoms with Crippen LogP contribution in [0.4, 0.5) is 0 Å². The van der Waals surface area contributed by atoms with Gasteiger partial charge in [-0.3, -0.25) is 4.79 Å². The predicted molar refractivity (Wildman–Crippen MR) is 161 cm³/mol. The minimum absolute atomic E-state index is 0.0169. The number of esters is 2. The molecule has 0 radical (unpaired) electrons. The van der Waals surface area contributed by atoms with Gasteiger partial charge in [-0.25, -0.2) is 9.78 Å². The van der Waals surface area contributed by atoms with Crippen LogP contribution in [0.1, 0.15) is 71.9 Å². The molecule has 3 aliphatic heterocycles. The van der Waals surface area contributed by atoms with Crippen molar-refractivity contribution in [3.8, 4) is 0 Å². The quantitative estimate of drug-likeness (QED) is 0.198. The average Bonchev–Trinajstić information content (AvgIpc) is 3.46. The topological polar surface area (TPSA) is 132 Å². The summed E-state index contributed by atoms with van der Waals surface area (Å²) in [7, 11) is 0. The van der Waals surface area contributed by atoms with E-state index in [4.69, 9.17) is 18.6 Å². The van der Waals surface area contributed by atoms with Gasteiger partial charge in [-0.05, 0) is 56.8 Å². The Balaban J connectivity index is 1.49. The van der Waals surface area contributed by atoms with Gasteiger partial charge in [0.05, 0.1) is 12.2 Å². The summed E-state index contributed by atoms with van der Waals surface area (Å²) in [5.74, 6) is -0.667. The lowest BCUT2D eigenvalue weighted by Gasteiger charge is -2.31. The summed E-state index contributed by atoms with van der Waals surface area (Å²) >= 11 is 0. The minimum atomic E-state index is -0.948. The van der Waals surface area contributed by atoms with Gasteiger partial charge in [0.2, 0.25) is 0 Å². The summed E-state index contributed by atoms with van der Waals surface area (Å²) in [6.45, 7) is 11.2. The predicted octanol–water partition coefficient (Wildman–Crippen LogP) is 5.18. The lowest BCUT2D eigenvalue weighted by atomic mass is 9.85. The highest BCUT2D eigenvalue weighted by Crippen LogP contribution is 2.43. The van der Waals surface area contributed by atoms with Crippen LogP contribution in [0, 0.1) is 24.7 Å². The summed E-state index contributed by atoms with van der Waals surface area (Å²) < 4.78 is 22.6. The first kappa shape index (κ1) is 32.6. The molecule has 0 aliphatic carbocycles. The summed E-state index contributed by atoms with van der Waals surface area (Å²) in [6.07, 6.45) is 14.5. The zero-order valence-electron chi connectivity index (χ0n) is 25.9. The summed E-state index contributed by atoms with van der Waals surface area (Å²) in [4.78, 5) is 29.4. The fourth-order valence-corrected chi connectivity index (χ4v) is 5.72. The highest BCUT2D eigenvalue weighted by Gasteiger charge is 2.57. The van der Waals surface area contributed by atoms with Crippen LogP contribution in [-0.2, 0) is 23.8 Å². The molecule has 2 N–H and O–H groups in total. The number of nitrogens with zero attached hydrogens (tertiary/aromatic N) is 1. The molecule has 2 fully saturated rings. The number of carbonyl (C=O) groups excluding carboxylic acids is 2. The molecule has 4 heterocycles. The standard InChI is InChI=1S/C34H45NO8/c1-20(15-26-19-40-24(5)35-26)9-7-10-22(3)33(39)23(4)28-18-29(36)34(6)30(43-34)14-13-21(2)27-16-25(17-32(38)41-27)11-8-12-31(37)42-28/h7-10,12-15,19,21,23,25,27-30,33,36,39H,11,16-18H2,1-6H3/t21-,23+,25-,27-,28?,29+,30-,33+,34+/m1/s1. The Bertz CT molecular complexity index is 1300. The van der Waals surface area contributed by atoms with Crippen LogP contribution >= 0.6 is 0 Å². The second-order valence-electron chi connectivity index (χ2n) is 12.4. The summed E-state index contributed by atoms with van der Waals surface area (Å²) in [5, 5.41) is 22.4. The van der Waals surface area contributed by atoms with E-state index >= 15 is 0 Å². The van der Waals surface area contributed by atoms with Crippen molar-refractivity contribution < 1.29 is 38.4 Å².